The Morgan fingerprint density at radius 2 is 2.00 bits per heavy atom. The van der Waals surface area contributed by atoms with Crippen molar-refractivity contribution in [1.82, 2.24) is 9.97 Å². The average molecular weight is 285 g/mol. The zero-order chi connectivity index (χ0) is 15.2. The topological polar surface area (TPSA) is 57.8 Å². The monoisotopic (exact) mass is 285 g/mol. The van der Waals surface area contributed by atoms with Gasteiger partial charge in [0.1, 0.15) is 0 Å². The van der Waals surface area contributed by atoms with Gasteiger partial charge in [-0.25, -0.2) is 4.98 Å². The molecule has 4 heteroatoms. The van der Waals surface area contributed by atoms with Crippen molar-refractivity contribution in [1.29, 1.82) is 0 Å². The largest absolute Gasteiger partial charge is 0.349 e. The fourth-order valence-corrected chi connectivity index (χ4v) is 2.36. The molecule has 0 bridgehead atoms. The standard InChI is InChI=1S/C17H23N3O/c1-4-5-11-15-13(3)19-17(20-16(15)21)18-12(2)14-9-7-6-8-10-14/h6-10,12H,4-5,11H2,1-3H3,(H2,18,19,20,21). The van der Waals surface area contributed by atoms with Gasteiger partial charge in [-0.15, -0.1) is 0 Å². The molecule has 2 aromatic rings. The molecular formula is C17H23N3O. The van der Waals surface area contributed by atoms with Crippen LogP contribution >= 0.6 is 0 Å². The first-order valence-corrected chi connectivity index (χ1v) is 7.53. The van der Waals surface area contributed by atoms with Gasteiger partial charge in [-0.05, 0) is 32.3 Å². The van der Waals surface area contributed by atoms with Crippen LogP contribution in [-0.2, 0) is 6.42 Å². The molecule has 1 aromatic heterocycles. The second-order valence-corrected chi connectivity index (χ2v) is 5.36. The number of hydrogen-bond donors (Lipinski definition) is 2. The summed E-state index contributed by atoms with van der Waals surface area (Å²) in [4.78, 5) is 19.5. The predicted octanol–water partition coefficient (Wildman–Crippen LogP) is 3.59. The molecule has 1 heterocycles. The van der Waals surface area contributed by atoms with Crippen LogP contribution in [0.1, 0.15) is 49.6 Å². The molecule has 0 aliphatic heterocycles. The van der Waals surface area contributed by atoms with Crippen molar-refractivity contribution < 1.29 is 0 Å². The molecule has 4 nitrogen and oxygen atoms in total. The molecule has 112 valence electrons. The van der Waals surface area contributed by atoms with Gasteiger partial charge in [-0.3, -0.25) is 9.78 Å². The van der Waals surface area contributed by atoms with E-state index in [9.17, 15) is 4.79 Å². The van der Waals surface area contributed by atoms with Crippen molar-refractivity contribution in [3.05, 3.63) is 57.5 Å². The van der Waals surface area contributed by atoms with Crippen LogP contribution in [0.2, 0.25) is 0 Å². The lowest BCUT2D eigenvalue weighted by atomic mass is 10.1. The molecule has 0 amide bonds. The maximum Gasteiger partial charge on any atom is 0.255 e. The van der Waals surface area contributed by atoms with Crippen LogP contribution in [0, 0.1) is 6.92 Å². The Morgan fingerprint density at radius 1 is 1.29 bits per heavy atom. The molecule has 0 saturated carbocycles. The second kappa shape index (κ2) is 7.07. The summed E-state index contributed by atoms with van der Waals surface area (Å²) in [6.07, 6.45) is 2.88. The van der Waals surface area contributed by atoms with Crippen LogP contribution in [-0.4, -0.2) is 9.97 Å². The number of nitrogens with one attached hydrogen (secondary N) is 2. The quantitative estimate of drug-likeness (QED) is 0.852. The summed E-state index contributed by atoms with van der Waals surface area (Å²) in [6, 6.07) is 10.2. The van der Waals surface area contributed by atoms with Crippen LogP contribution in [0.3, 0.4) is 0 Å². The van der Waals surface area contributed by atoms with E-state index in [0.29, 0.717) is 5.95 Å². The van der Waals surface area contributed by atoms with Crippen molar-refractivity contribution in [2.24, 2.45) is 0 Å². The number of hydrogen-bond acceptors (Lipinski definition) is 3. The number of nitrogens with zero attached hydrogens (tertiary/aromatic N) is 1. The molecule has 1 aromatic carbocycles. The van der Waals surface area contributed by atoms with Gasteiger partial charge in [0.15, 0.2) is 0 Å². The SMILES string of the molecule is CCCCc1c(C)nc(NC(C)c2ccccc2)[nH]c1=O. The fraction of sp³-hybridized carbons (Fsp3) is 0.412. The van der Waals surface area contributed by atoms with E-state index >= 15 is 0 Å². The highest BCUT2D eigenvalue weighted by atomic mass is 16.1. The second-order valence-electron chi connectivity index (χ2n) is 5.36. The van der Waals surface area contributed by atoms with E-state index in [1.807, 2.05) is 25.1 Å². The van der Waals surface area contributed by atoms with E-state index in [4.69, 9.17) is 0 Å². The molecule has 0 fully saturated rings. The highest BCUT2D eigenvalue weighted by molar-refractivity contribution is 5.33. The number of benzene rings is 1. The summed E-state index contributed by atoms with van der Waals surface area (Å²) < 4.78 is 0. The fourth-order valence-electron chi connectivity index (χ4n) is 2.36. The van der Waals surface area contributed by atoms with Gasteiger partial charge in [0.2, 0.25) is 5.95 Å². The first-order chi connectivity index (χ1) is 10.1. The van der Waals surface area contributed by atoms with Gasteiger partial charge in [0.05, 0.1) is 6.04 Å². The molecule has 0 radical (unpaired) electrons. The van der Waals surface area contributed by atoms with Crippen LogP contribution in [0.25, 0.3) is 0 Å². The smallest absolute Gasteiger partial charge is 0.255 e. The van der Waals surface area contributed by atoms with Crippen molar-refractivity contribution in [3.8, 4) is 0 Å². The summed E-state index contributed by atoms with van der Waals surface area (Å²) in [5.41, 5.74) is 2.75. The minimum absolute atomic E-state index is 0.0290. The summed E-state index contributed by atoms with van der Waals surface area (Å²) >= 11 is 0. The number of rotatable bonds is 6. The normalized spacial score (nSPS) is 12.1. The maximum atomic E-state index is 12.1. The van der Waals surface area contributed by atoms with Crippen LogP contribution in [0.4, 0.5) is 5.95 Å². The van der Waals surface area contributed by atoms with Gasteiger partial charge in [-0.2, -0.15) is 0 Å². The summed E-state index contributed by atoms with van der Waals surface area (Å²) in [6.45, 7) is 6.07. The summed E-state index contributed by atoms with van der Waals surface area (Å²) in [5, 5.41) is 3.26. The van der Waals surface area contributed by atoms with Crippen LogP contribution in [0.5, 0.6) is 0 Å². The lowest BCUT2D eigenvalue weighted by Gasteiger charge is -2.15. The van der Waals surface area contributed by atoms with E-state index in [1.165, 1.54) is 0 Å². The number of aromatic nitrogens is 2. The molecule has 2 N–H and O–H groups in total. The van der Waals surface area contributed by atoms with E-state index in [-0.39, 0.29) is 11.6 Å². The van der Waals surface area contributed by atoms with Crippen molar-refractivity contribution >= 4 is 5.95 Å². The Hall–Kier alpha value is -2.10. The van der Waals surface area contributed by atoms with E-state index in [1.54, 1.807) is 0 Å². The Labute approximate surface area is 125 Å². The lowest BCUT2D eigenvalue weighted by molar-refractivity contribution is 0.770. The molecular weight excluding hydrogens is 262 g/mol. The van der Waals surface area contributed by atoms with Gasteiger partial charge in [0.25, 0.3) is 5.56 Å². The number of unbranched alkanes of at least 4 members (excludes halogenated alkanes) is 1. The number of anilines is 1. The minimum Gasteiger partial charge on any atom is -0.349 e. The number of aryl methyl sites for hydroxylation is 1. The van der Waals surface area contributed by atoms with E-state index < -0.39 is 0 Å². The molecule has 1 unspecified atom stereocenters. The summed E-state index contributed by atoms with van der Waals surface area (Å²) in [5.74, 6) is 0.536. The third-order valence-corrected chi connectivity index (χ3v) is 3.66. The zero-order valence-corrected chi connectivity index (χ0v) is 12.9. The molecule has 0 aliphatic rings. The Bertz CT molecular complexity index is 634. The molecule has 1 atom stereocenters. The Kier molecular flexibility index (Phi) is 5.14. The van der Waals surface area contributed by atoms with E-state index in [0.717, 1.165) is 36.1 Å². The highest BCUT2D eigenvalue weighted by Crippen LogP contribution is 2.16. The molecule has 0 aliphatic carbocycles. The molecule has 21 heavy (non-hydrogen) atoms. The third kappa shape index (κ3) is 3.94. The van der Waals surface area contributed by atoms with Gasteiger partial charge in [-0.1, -0.05) is 43.7 Å². The number of aromatic amines is 1. The highest BCUT2D eigenvalue weighted by Gasteiger charge is 2.10. The number of H-pyrrole nitrogens is 1. The zero-order valence-electron chi connectivity index (χ0n) is 12.9. The maximum absolute atomic E-state index is 12.1. The van der Waals surface area contributed by atoms with Crippen molar-refractivity contribution in [2.75, 3.05) is 5.32 Å². The third-order valence-electron chi connectivity index (χ3n) is 3.66. The lowest BCUT2D eigenvalue weighted by Crippen LogP contribution is -2.20. The molecule has 0 spiro atoms. The molecule has 0 saturated heterocycles. The Morgan fingerprint density at radius 3 is 2.62 bits per heavy atom. The average Bonchev–Trinajstić information content (AvgIpc) is 2.47. The Balaban J connectivity index is 2.16. The minimum atomic E-state index is -0.0290. The summed E-state index contributed by atoms with van der Waals surface area (Å²) in [7, 11) is 0. The van der Waals surface area contributed by atoms with Crippen molar-refractivity contribution in [3.63, 3.8) is 0 Å². The first kappa shape index (κ1) is 15.3. The predicted molar refractivity (Wildman–Crippen MR) is 86.7 cm³/mol. The van der Waals surface area contributed by atoms with Crippen LogP contribution < -0.4 is 10.9 Å². The van der Waals surface area contributed by atoms with E-state index in [2.05, 4.69) is 41.3 Å². The first-order valence-electron chi connectivity index (χ1n) is 7.53. The molecule has 2 rings (SSSR count). The van der Waals surface area contributed by atoms with Gasteiger partial charge >= 0.3 is 0 Å². The van der Waals surface area contributed by atoms with Gasteiger partial charge in [0, 0.05) is 11.3 Å². The van der Waals surface area contributed by atoms with Gasteiger partial charge < -0.3 is 5.32 Å². The van der Waals surface area contributed by atoms with Crippen LogP contribution in [0.15, 0.2) is 35.1 Å². The van der Waals surface area contributed by atoms with Crippen molar-refractivity contribution in [2.45, 2.75) is 46.1 Å².